The number of thioether (sulfide) groups is 1. The molecule has 0 bridgehead atoms. The molecule has 41 heavy (non-hydrogen) atoms. The topological polar surface area (TPSA) is 0 Å². The molecule has 14 unspecified atom stereocenters. The molecule has 7 rings (SSSR count). The van der Waals surface area contributed by atoms with Gasteiger partial charge in [-0.3, -0.25) is 0 Å². The fourth-order valence-electron chi connectivity index (χ4n) is 12.7. The van der Waals surface area contributed by atoms with Crippen LogP contribution in [0.15, 0.2) is 30.3 Å². The van der Waals surface area contributed by atoms with Crippen LogP contribution in [0.25, 0.3) is 0 Å². The van der Waals surface area contributed by atoms with Crippen molar-refractivity contribution in [3.63, 3.8) is 0 Å². The first-order chi connectivity index (χ1) is 18.8. The summed E-state index contributed by atoms with van der Waals surface area (Å²) in [6, 6.07) is 11.9. The van der Waals surface area contributed by atoms with Crippen molar-refractivity contribution in [3.05, 3.63) is 50.7 Å². The average Bonchev–Trinajstić information content (AvgIpc) is 3.67. The molecule has 5 saturated carbocycles. The predicted octanol–water partition coefficient (Wildman–Crippen LogP) is 12.2. The van der Waals surface area contributed by atoms with Gasteiger partial charge < -0.3 is 14.9 Å². The summed E-state index contributed by atoms with van der Waals surface area (Å²) in [5.41, 5.74) is 3.83. The summed E-state index contributed by atoms with van der Waals surface area (Å²) >= 11 is 1.67. The molecule has 1 aromatic carbocycles. The third-order valence-electron chi connectivity index (χ3n) is 13.7. The second-order valence-corrected chi connectivity index (χ2v) is 25.5. The summed E-state index contributed by atoms with van der Waals surface area (Å²) in [6.07, 6.45) is 13.8. The zero-order valence-electron chi connectivity index (χ0n) is 27.0. The summed E-state index contributed by atoms with van der Waals surface area (Å²) in [4.78, 5) is 0. The minimum atomic E-state index is -1.46. The zero-order valence-corrected chi connectivity index (χ0v) is 32.8. The Bertz CT molecular complexity index is 974. The number of fused-ring (bicyclic) bond motifs is 5. The number of benzene rings is 1. The maximum atomic E-state index is 4.93. The Morgan fingerprint density at radius 1 is 0.756 bits per heavy atom. The van der Waals surface area contributed by atoms with Crippen molar-refractivity contribution in [2.24, 2.45) is 53.3 Å². The summed E-state index contributed by atoms with van der Waals surface area (Å²) in [5.74, 6) is 9.80. The van der Waals surface area contributed by atoms with Crippen molar-refractivity contribution in [2.75, 3.05) is 0 Å². The van der Waals surface area contributed by atoms with Crippen LogP contribution in [0.3, 0.4) is 0 Å². The molecule has 0 spiro atoms. The Morgan fingerprint density at radius 3 is 2.12 bits per heavy atom. The Kier molecular flexibility index (Phi) is 12.3. The molecular weight excluding hydrogens is 655 g/mol. The molecule has 1 aliphatic heterocycles. The standard InChI is InChI=1S/C34H52SSi.2CH3.2ClH.Zr/c1-20-18-27-28(19-24-14-11-16-25(24)30(27)23-12-7-6-8-13-23)33(20)36(4,5)34-22(3)21(2)32-31(34)26-15-9-10-17-29(26)35-32;;;;;/h6-8,12-13,20-22,24-34H,9-11,14-19H2,1-5H3;2*1H3;2*1H;/q;2*-1;;;+4/p-2. The summed E-state index contributed by atoms with van der Waals surface area (Å²) in [6.45, 7) is 14.0. The molecule has 0 N–H and O–H groups in total. The average molecular weight is 713 g/mol. The van der Waals surface area contributed by atoms with Crippen molar-refractivity contribution in [1.82, 2.24) is 0 Å². The molecule has 0 radical (unpaired) electrons. The Balaban J connectivity index is 0.000000744. The van der Waals surface area contributed by atoms with Crippen molar-refractivity contribution >= 4 is 36.9 Å². The number of halogens is 2. The third kappa shape index (κ3) is 6.08. The van der Waals surface area contributed by atoms with Gasteiger partial charge in [-0.1, -0.05) is 89.9 Å². The van der Waals surface area contributed by atoms with E-state index in [1.54, 1.807) is 18.4 Å². The first kappa shape index (κ1) is 35.1. The van der Waals surface area contributed by atoms with Gasteiger partial charge in [-0.25, -0.2) is 0 Å². The number of hydrogen-bond donors (Lipinski definition) is 0. The quantitative estimate of drug-likeness (QED) is 0.222. The normalized spacial score (nSPS) is 45.9. The number of rotatable bonds is 3. The maximum absolute atomic E-state index is 4.93. The second kappa shape index (κ2) is 14.3. The van der Waals surface area contributed by atoms with Gasteiger partial charge in [0.25, 0.3) is 0 Å². The van der Waals surface area contributed by atoms with E-state index in [1.165, 1.54) is 44.9 Å². The van der Waals surface area contributed by atoms with Crippen molar-refractivity contribution in [3.8, 4) is 0 Å². The van der Waals surface area contributed by atoms with Crippen LogP contribution < -0.4 is 0 Å². The van der Waals surface area contributed by atoms with Crippen LogP contribution in [0, 0.1) is 68.1 Å². The van der Waals surface area contributed by atoms with Crippen LogP contribution in [-0.2, 0) is 20.8 Å². The zero-order chi connectivity index (χ0) is 27.5. The number of hydrogen-bond acceptors (Lipinski definition) is 1. The Hall–Kier alpha value is 1.25. The van der Waals surface area contributed by atoms with Gasteiger partial charge in [-0.05, 0) is 108 Å². The molecular formula is C36H58Cl2SSiZr. The van der Waals surface area contributed by atoms with Gasteiger partial charge in [0, 0.05) is 10.5 Å². The van der Waals surface area contributed by atoms with Gasteiger partial charge in [0.1, 0.15) is 0 Å². The van der Waals surface area contributed by atoms with Crippen molar-refractivity contribution < 1.29 is 20.8 Å². The molecule has 14 atom stereocenters. The molecule has 5 heteroatoms. The van der Waals surface area contributed by atoms with Crippen LogP contribution in [0.1, 0.15) is 90.0 Å². The van der Waals surface area contributed by atoms with E-state index in [1.807, 2.05) is 0 Å². The molecule has 0 nitrogen and oxygen atoms in total. The molecule has 0 amide bonds. The summed E-state index contributed by atoms with van der Waals surface area (Å²) in [5, 5.41) is 2.00. The van der Waals surface area contributed by atoms with E-state index in [9.17, 15) is 0 Å². The molecule has 1 aromatic rings. The molecule has 6 fully saturated rings. The first-order valence-electron chi connectivity index (χ1n) is 16.5. The van der Waals surface area contributed by atoms with Crippen LogP contribution in [0.4, 0.5) is 0 Å². The van der Waals surface area contributed by atoms with Gasteiger partial charge in [0.05, 0.1) is 8.07 Å². The van der Waals surface area contributed by atoms with Gasteiger partial charge in [0.2, 0.25) is 0 Å². The van der Waals surface area contributed by atoms with Gasteiger partial charge >= 0.3 is 37.9 Å². The fourth-order valence-corrected chi connectivity index (χ4v) is 21.8. The summed E-state index contributed by atoms with van der Waals surface area (Å²) in [7, 11) is 8.40. The van der Waals surface area contributed by atoms with E-state index in [2.05, 4.69) is 76.0 Å². The fraction of sp³-hybridized carbons (Fsp3) is 0.778. The molecule has 0 aromatic heterocycles. The van der Waals surface area contributed by atoms with E-state index < -0.39 is 28.9 Å². The SMILES string of the molecule is CC1CC2C(CC3CCCC3C2c2ccccc2)C1[Si](C)(C)C1C(C)C(C)C2SC3CCCCC3C21.[CH3-].[CH3-].[Cl][Zr+2][Cl]. The minimum absolute atomic E-state index is 0. The van der Waals surface area contributed by atoms with Gasteiger partial charge in [-0.2, -0.15) is 11.8 Å². The first-order valence-corrected chi connectivity index (χ1v) is 26.9. The predicted molar refractivity (Wildman–Crippen MR) is 184 cm³/mol. The monoisotopic (exact) mass is 710 g/mol. The molecule has 1 saturated heterocycles. The van der Waals surface area contributed by atoms with E-state index in [-0.39, 0.29) is 14.9 Å². The van der Waals surface area contributed by atoms with Crippen LogP contribution in [-0.4, -0.2) is 18.6 Å². The van der Waals surface area contributed by atoms with Crippen LogP contribution >= 0.6 is 28.8 Å². The molecule has 5 aliphatic carbocycles. The molecule has 230 valence electrons. The van der Waals surface area contributed by atoms with Crippen LogP contribution in [0.2, 0.25) is 24.2 Å². The Labute approximate surface area is 278 Å². The van der Waals surface area contributed by atoms with E-state index in [4.69, 9.17) is 17.0 Å². The second-order valence-electron chi connectivity index (χ2n) is 15.4. The van der Waals surface area contributed by atoms with Gasteiger partial charge in [0.15, 0.2) is 0 Å². The molecule has 6 aliphatic rings. The summed E-state index contributed by atoms with van der Waals surface area (Å²) < 4.78 is 0. The van der Waals surface area contributed by atoms with Crippen molar-refractivity contribution in [1.29, 1.82) is 0 Å². The van der Waals surface area contributed by atoms with Crippen molar-refractivity contribution in [2.45, 2.75) is 119 Å². The molecule has 1 heterocycles. The van der Waals surface area contributed by atoms with E-state index in [0.717, 1.165) is 80.8 Å². The third-order valence-corrected chi connectivity index (χ3v) is 21.0. The van der Waals surface area contributed by atoms with E-state index in [0.29, 0.717) is 0 Å². The van der Waals surface area contributed by atoms with Crippen LogP contribution in [0.5, 0.6) is 0 Å². The van der Waals surface area contributed by atoms with Gasteiger partial charge in [-0.15, -0.1) is 0 Å². The Morgan fingerprint density at radius 2 is 1.41 bits per heavy atom. The van der Waals surface area contributed by atoms with E-state index >= 15 is 0 Å².